The van der Waals surface area contributed by atoms with Gasteiger partial charge in [-0.3, -0.25) is 18.6 Å². The molecule has 9 nitrogen and oxygen atoms in total. The average molecular weight is 745 g/mol. The lowest BCUT2D eigenvalue weighted by atomic mass is 10.1. The van der Waals surface area contributed by atoms with Gasteiger partial charge in [-0.25, -0.2) is 4.57 Å². The second-order valence-electron chi connectivity index (χ2n) is 15.0. The van der Waals surface area contributed by atoms with E-state index in [0.29, 0.717) is 23.9 Å². The van der Waals surface area contributed by atoms with Gasteiger partial charge in [-0.2, -0.15) is 0 Å². The van der Waals surface area contributed by atoms with Crippen molar-refractivity contribution >= 4 is 19.8 Å². The van der Waals surface area contributed by atoms with Crippen LogP contribution in [0.25, 0.3) is 0 Å². The van der Waals surface area contributed by atoms with Crippen LogP contribution < -0.4 is 0 Å². The van der Waals surface area contributed by atoms with E-state index in [9.17, 15) is 19.0 Å². The minimum absolute atomic E-state index is 0.0265. The Labute approximate surface area is 313 Å². The van der Waals surface area contributed by atoms with E-state index in [0.717, 1.165) is 51.4 Å². The first-order valence-corrected chi connectivity index (χ1v) is 22.1. The maximum Gasteiger partial charge on any atom is 0.472 e. The number of hydrogen-bond acceptors (Lipinski definition) is 7. The molecule has 0 heterocycles. The Kier molecular flexibility index (Phi) is 33.3. The molecule has 10 heteroatoms. The maximum atomic E-state index is 12.6. The van der Waals surface area contributed by atoms with Crippen molar-refractivity contribution in [1.82, 2.24) is 0 Å². The molecular weight excluding hydrogens is 665 g/mol. The van der Waals surface area contributed by atoms with Gasteiger partial charge >= 0.3 is 19.8 Å². The van der Waals surface area contributed by atoms with E-state index >= 15 is 0 Å². The zero-order chi connectivity index (χ0) is 37.9. The number of rotatable bonds is 37. The first-order valence-electron chi connectivity index (χ1n) is 20.6. The fourth-order valence-electron chi connectivity index (χ4n) is 5.44. The van der Waals surface area contributed by atoms with Gasteiger partial charge < -0.3 is 18.9 Å². The smallest absolute Gasteiger partial charge is 0.462 e. The molecule has 0 spiro atoms. The van der Waals surface area contributed by atoms with E-state index in [4.69, 9.17) is 18.5 Å². The van der Waals surface area contributed by atoms with Gasteiger partial charge in [0, 0.05) is 12.8 Å². The lowest BCUT2D eigenvalue weighted by molar-refractivity contribution is -0.870. The SMILES string of the molecule is CCCCC/C=C/CCCCCCCC(=O)O[C@H](COC(=O)CC/C=C/CCCCCCCCCCCCC)COP(=O)(O)OCC[N+](C)(C)C. The molecule has 0 saturated carbocycles. The molecule has 0 fully saturated rings. The number of esters is 2. The van der Waals surface area contributed by atoms with Crippen molar-refractivity contribution in [1.29, 1.82) is 0 Å². The minimum atomic E-state index is -4.37. The van der Waals surface area contributed by atoms with E-state index in [2.05, 4.69) is 32.1 Å². The third kappa shape index (κ3) is 38.0. The summed E-state index contributed by atoms with van der Waals surface area (Å²) in [5.41, 5.74) is 0. The van der Waals surface area contributed by atoms with Crippen LogP contribution in [0.5, 0.6) is 0 Å². The molecule has 0 bridgehead atoms. The molecule has 0 aliphatic carbocycles. The van der Waals surface area contributed by atoms with E-state index in [-0.39, 0.29) is 26.1 Å². The molecular formula is C41H79NO8P+. The van der Waals surface area contributed by atoms with Gasteiger partial charge in [0.1, 0.15) is 19.8 Å². The van der Waals surface area contributed by atoms with Gasteiger partial charge in [0.15, 0.2) is 6.10 Å². The third-order valence-corrected chi connectivity index (χ3v) is 9.70. The Morgan fingerprint density at radius 1 is 0.588 bits per heavy atom. The first kappa shape index (κ1) is 49.5. The summed E-state index contributed by atoms with van der Waals surface area (Å²) in [5, 5.41) is 0. The molecule has 0 radical (unpaired) electrons. The number of likely N-dealkylation sites (N-methyl/N-ethyl adjacent to an activating group) is 1. The van der Waals surface area contributed by atoms with Crippen molar-refractivity contribution in [3.8, 4) is 0 Å². The number of carbonyl (C=O) groups excluding carboxylic acids is 2. The zero-order valence-electron chi connectivity index (χ0n) is 33.6. The van der Waals surface area contributed by atoms with Gasteiger partial charge in [0.05, 0.1) is 27.7 Å². The summed E-state index contributed by atoms with van der Waals surface area (Å²) in [6.07, 6.45) is 35.2. The number of quaternary nitrogens is 1. The molecule has 0 rings (SSSR count). The van der Waals surface area contributed by atoms with Crippen LogP contribution in [0.3, 0.4) is 0 Å². The number of nitrogens with zero attached hydrogens (tertiary/aromatic N) is 1. The number of unbranched alkanes of at least 4 members (excludes halogenated alkanes) is 19. The molecule has 2 atom stereocenters. The molecule has 300 valence electrons. The van der Waals surface area contributed by atoms with E-state index in [1.54, 1.807) is 0 Å². The van der Waals surface area contributed by atoms with Gasteiger partial charge in [-0.1, -0.05) is 134 Å². The molecule has 0 aliphatic heterocycles. The number of allylic oxidation sites excluding steroid dienone is 4. The maximum absolute atomic E-state index is 12.6. The van der Waals surface area contributed by atoms with Crippen molar-refractivity contribution in [2.24, 2.45) is 0 Å². The molecule has 0 aromatic rings. The van der Waals surface area contributed by atoms with Gasteiger partial charge in [-0.15, -0.1) is 0 Å². The number of phosphoric acid groups is 1. The second kappa shape index (κ2) is 34.3. The highest BCUT2D eigenvalue weighted by Gasteiger charge is 2.27. The number of phosphoric ester groups is 1. The fraction of sp³-hybridized carbons (Fsp3) is 0.854. The highest BCUT2D eigenvalue weighted by atomic mass is 31.2. The normalized spacial score (nSPS) is 13.9. The summed E-state index contributed by atoms with van der Waals surface area (Å²) >= 11 is 0. The van der Waals surface area contributed by atoms with Gasteiger partial charge in [0.25, 0.3) is 0 Å². The molecule has 1 unspecified atom stereocenters. The Morgan fingerprint density at radius 3 is 1.57 bits per heavy atom. The molecule has 0 aliphatic rings. The van der Waals surface area contributed by atoms with E-state index < -0.39 is 32.5 Å². The molecule has 0 saturated heterocycles. The van der Waals surface area contributed by atoms with Gasteiger partial charge in [0.2, 0.25) is 0 Å². The van der Waals surface area contributed by atoms with Crippen LogP contribution in [0.15, 0.2) is 24.3 Å². The zero-order valence-corrected chi connectivity index (χ0v) is 34.5. The minimum Gasteiger partial charge on any atom is -0.462 e. The molecule has 0 aromatic carbocycles. The number of carbonyl (C=O) groups is 2. The summed E-state index contributed by atoms with van der Waals surface area (Å²) in [7, 11) is 1.46. The van der Waals surface area contributed by atoms with Crippen LogP contribution in [-0.4, -0.2) is 74.9 Å². The predicted molar refractivity (Wildman–Crippen MR) is 211 cm³/mol. The Balaban J connectivity index is 4.44. The van der Waals surface area contributed by atoms with Crippen molar-refractivity contribution in [3.05, 3.63) is 24.3 Å². The molecule has 0 amide bonds. The summed E-state index contributed by atoms with van der Waals surface area (Å²) < 4.78 is 34.1. The van der Waals surface area contributed by atoms with Crippen molar-refractivity contribution in [3.63, 3.8) is 0 Å². The number of hydrogen-bond donors (Lipinski definition) is 1. The van der Waals surface area contributed by atoms with Crippen LogP contribution in [-0.2, 0) is 32.7 Å². The largest absolute Gasteiger partial charge is 0.472 e. The van der Waals surface area contributed by atoms with Crippen molar-refractivity contribution in [2.75, 3.05) is 47.5 Å². The topological polar surface area (TPSA) is 108 Å². The molecule has 0 aromatic heterocycles. The van der Waals surface area contributed by atoms with Crippen molar-refractivity contribution in [2.45, 2.75) is 180 Å². The van der Waals surface area contributed by atoms with E-state index in [1.165, 1.54) is 83.5 Å². The van der Waals surface area contributed by atoms with Crippen LogP contribution in [0.4, 0.5) is 0 Å². The summed E-state index contributed by atoms with van der Waals surface area (Å²) in [6, 6.07) is 0. The fourth-order valence-corrected chi connectivity index (χ4v) is 6.18. The standard InChI is InChI=1S/C41H78NO8P/c1-6-8-10-12-14-16-18-20-21-22-24-25-27-29-31-33-40(43)47-37-39(38-49-51(45,46)48-36-35-42(3,4)5)50-41(44)34-32-30-28-26-23-19-17-15-13-11-9-7-2/h15,17,27,29,39H,6-14,16,18-26,28,30-38H2,1-5H3/p+1/b17-15+,29-27+/t39-/m1/s1. The summed E-state index contributed by atoms with van der Waals surface area (Å²) in [4.78, 5) is 35.2. The Morgan fingerprint density at radius 2 is 1.04 bits per heavy atom. The van der Waals surface area contributed by atoms with E-state index in [1.807, 2.05) is 27.2 Å². The average Bonchev–Trinajstić information content (AvgIpc) is 3.07. The van der Waals surface area contributed by atoms with Crippen molar-refractivity contribution < 1.29 is 42.1 Å². The molecule has 51 heavy (non-hydrogen) atoms. The van der Waals surface area contributed by atoms with Crippen LogP contribution in [0.1, 0.15) is 174 Å². The highest BCUT2D eigenvalue weighted by molar-refractivity contribution is 7.47. The molecule has 1 N–H and O–H groups in total. The second-order valence-corrected chi connectivity index (χ2v) is 16.5. The monoisotopic (exact) mass is 745 g/mol. The third-order valence-electron chi connectivity index (χ3n) is 8.72. The van der Waals surface area contributed by atoms with Crippen LogP contribution in [0, 0.1) is 0 Å². The lowest BCUT2D eigenvalue weighted by Crippen LogP contribution is -2.37. The summed E-state index contributed by atoms with van der Waals surface area (Å²) in [6.45, 7) is 4.34. The predicted octanol–water partition coefficient (Wildman–Crippen LogP) is 11.2. The van der Waals surface area contributed by atoms with Crippen LogP contribution in [0.2, 0.25) is 0 Å². The lowest BCUT2D eigenvalue weighted by Gasteiger charge is -2.24. The Bertz CT molecular complexity index is 933. The summed E-state index contributed by atoms with van der Waals surface area (Å²) in [5.74, 6) is -0.865. The van der Waals surface area contributed by atoms with Crippen LogP contribution >= 0.6 is 7.82 Å². The quantitative estimate of drug-likeness (QED) is 0.0220. The highest BCUT2D eigenvalue weighted by Crippen LogP contribution is 2.43. The first-order chi connectivity index (χ1) is 24.5. The van der Waals surface area contributed by atoms with Gasteiger partial charge in [-0.05, 0) is 51.4 Å². The Hall–Kier alpha value is -1.51. The number of ether oxygens (including phenoxy) is 2.